The lowest BCUT2D eigenvalue weighted by atomic mass is 10.0. The van der Waals surface area contributed by atoms with Crippen LogP contribution < -0.4 is 0 Å². The summed E-state index contributed by atoms with van der Waals surface area (Å²) in [5, 5.41) is 19.6. The van der Waals surface area contributed by atoms with Gasteiger partial charge in [-0.1, -0.05) is 44.2 Å². The van der Waals surface area contributed by atoms with E-state index in [-0.39, 0.29) is 11.9 Å². The van der Waals surface area contributed by atoms with Crippen molar-refractivity contribution in [2.24, 2.45) is 5.92 Å². The van der Waals surface area contributed by atoms with Crippen molar-refractivity contribution in [1.29, 1.82) is 0 Å². The number of carbonyl (C=O) groups is 1. The van der Waals surface area contributed by atoms with Gasteiger partial charge in [-0.3, -0.25) is 4.79 Å². The third-order valence-electron chi connectivity index (χ3n) is 4.57. The highest BCUT2D eigenvalue weighted by atomic mass is 16.3. The predicted octanol–water partition coefficient (Wildman–Crippen LogP) is 2.62. The zero-order valence-electron chi connectivity index (χ0n) is 13.9. The van der Waals surface area contributed by atoms with Gasteiger partial charge in [0.15, 0.2) is 0 Å². The first-order valence-electron chi connectivity index (χ1n) is 8.43. The van der Waals surface area contributed by atoms with Gasteiger partial charge in [0.2, 0.25) is 0 Å². The van der Waals surface area contributed by atoms with Gasteiger partial charge in [-0.25, -0.2) is 0 Å². The van der Waals surface area contributed by atoms with Gasteiger partial charge in [-0.15, -0.1) is 0 Å². The van der Waals surface area contributed by atoms with Gasteiger partial charge in [-0.05, 0) is 30.9 Å². The summed E-state index contributed by atoms with van der Waals surface area (Å²) in [4.78, 5) is 14.5. The molecule has 23 heavy (non-hydrogen) atoms. The van der Waals surface area contributed by atoms with E-state index in [9.17, 15) is 15.0 Å². The van der Waals surface area contributed by atoms with E-state index in [1.807, 2.05) is 48.2 Å². The van der Waals surface area contributed by atoms with Crippen molar-refractivity contribution in [3.63, 3.8) is 0 Å². The summed E-state index contributed by atoms with van der Waals surface area (Å²) >= 11 is 0. The molecule has 0 bridgehead atoms. The summed E-state index contributed by atoms with van der Waals surface area (Å²) in [5.74, 6) is 0.398. The summed E-state index contributed by atoms with van der Waals surface area (Å²) in [6, 6.07) is 9.30. The van der Waals surface area contributed by atoms with Crippen molar-refractivity contribution >= 4 is 5.91 Å². The minimum absolute atomic E-state index is 0.00359. The third-order valence-corrected chi connectivity index (χ3v) is 4.57. The van der Waals surface area contributed by atoms with Gasteiger partial charge in [0.05, 0.1) is 18.2 Å². The molecule has 1 aromatic rings. The molecule has 2 rings (SSSR count). The zero-order valence-corrected chi connectivity index (χ0v) is 13.9. The van der Waals surface area contributed by atoms with Crippen LogP contribution in [0.1, 0.15) is 43.5 Å². The number of carbonyl (C=O) groups excluding carboxylic acids is 1. The predicted molar refractivity (Wildman–Crippen MR) is 91.1 cm³/mol. The first-order chi connectivity index (χ1) is 11.0. The van der Waals surface area contributed by atoms with Crippen LogP contribution in [-0.4, -0.2) is 45.8 Å². The molecule has 0 aromatic heterocycles. The zero-order chi connectivity index (χ0) is 16.8. The van der Waals surface area contributed by atoms with Gasteiger partial charge >= 0.3 is 0 Å². The number of aliphatic hydroxyl groups is 2. The van der Waals surface area contributed by atoms with Crippen molar-refractivity contribution in [2.45, 2.75) is 51.4 Å². The molecule has 1 aromatic carbocycles. The van der Waals surface area contributed by atoms with Crippen LogP contribution in [0.4, 0.5) is 0 Å². The summed E-state index contributed by atoms with van der Waals surface area (Å²) in [5.41, 5.74) is 0.696. The highest BCUT2D eigenvalue weighted by Gasteiger charge is 2.33. The SMILES string of the molecule is CC[C@@H](O)C[C@H](O)/C=C/[C@H]1[C@@H](C)CCN1C(=O)c1ccccc1. The summed E-state index contributed by atoms with van der Waals surface area (Å²) < 4.78 is 0. The second-order valence-corrected chi connectivity index (χ2v) is 6.37. The van der Waals surface area contributed by atoms with Crippen molar-refractivity contribution in [3.05, 3.63) is 48.0 Å². The maximum Gasteiger partial charge on any atom is 0.254 e. The number of hydrogen-bond donors (Lipinski definition) is 2. The summed E-state index contributed by atoms with van der Waals surface area (Å²) in [6.45, 7) is 4.75. The van der Waals surface area contributed by atoms with E-state index < -0.39 is 12.2 Å². The maximum atomic E-state index is 12.7. The van der Waals surface area contributed by atoms with Crippen LogP contribution in [0.2, 0.25) is 0 Å². The highest BCUT2D eigenvalue weighted by molar-refractivity contribution is 5.94. The molecule has 0 spiro atoms. The number of nitrogens with zero attached hydrogens (tertiary/aromatic N) is 1. The molecule has 1 fully saturated rings. The lowest BCUT2D eigenvalue weighted by Gasteiger charge is -2.25. The van der Waals surface area contributed by atoms with Gasteiger partial charge < -0.3 is 15.1 Å². The Hall–Kier alpha value is -1.65. The van der Waals surface area contributed by atoms with E-state index >= 15 is 0 Å². The molecular weight excluding hydrogens is 290 g/mol. The van der Waals surface area contributed by atoms with Crippen LogP contribution in [0.3, 0.4) is 0 Å². The van der Waals surface area contributed by atoms with Crippen molar-refractivity contribution in [3.8, 4) is 0 Å². The Bertz CT molecular complexity index is 529. The van der Waals surface area contributed by atoms with Gasteiger partial charge in [0, 0.05) is 18.5 Å². The fraction of sp³-hybridized carbons (Fsp3) is 0.526. The number of likely N-dealkylation sites (tertiary alicyclic amines) is 1. The second kappa shape index (κ2) is 8.27. The molecule has 0 saturated carbocycles. The fourth-order valence-electron chi connectivity index (χ4n) is 3.01. The van der Waals surface area contributed by atoms with Crippen LogP contribution in [0.15, 0.2) is 42.5 Å². The van der Waals surface area contributed by atoms with Gasteiger partial charge in [0.25, 0.3) is 5.91 Å². The lowest BCUT2D eigenvalue weighted by Crippen LogP contribution is -2.36. The molecule has 4 atom stereocenters. The lowest BCUT2D eigenvalue weighted by molar-refractivity contribution is 0.0748. The molecule has 0 radical (unpaired) electrons. The van der Waals surface area contributed by atoms with Crippen molar-refractivity contribution < 1.29 is 15.0 Å². The summed E-state index contributed by atoms with van der Waals surface area (Å²) in [6.07, 6.45) is 4.40. The highest BCUT2D eigenvalue weighted by Crippen LogP contribution is 2.27. The van der Waals surface area contributed by atoms with Crippen LogP contribution in [-0.2, 0) is 0 Å². The Balaban J connectivity index is 2.05. The van der Waals surface area contributed by atoms with Crippen LogP contribution in [0, 0.1) is 5.92 Å². The number of benzene rings is 1. The molecule has 4 nitrogen and oxygen atoms in total. The van der Waals surface area contributed by atoms with E-state index in [0.717, 1.165) is 13.0 Å². The average Bonchev–Trinajstić information content (AvgIpc) is 2.93. The Kier molecular flexibility index (Phi) is 6.37. The third kappa shape index (κ3) is 4.66. The van der Waals surface area contributed by atoms with Crippen molar-refractivity contribution in [1.82, 2.24) is 4.90 Å². The summed E-state index contributed by atoms with van der Waals surface area (Å²) in [7, 11) is 0. The number of aliphatic hydroxyl groups excluding tert-OH is 2. The Morgan fingerprint density at radius 3 is 2.70 bits per heavy atom. The van der Waals surface area contributed by atoms with E-state index in [1.54, 1.807) is 6.08 Å². The Labute approximate surface area is 138 Å². The first-order valence-corrected chi connectivity index (χ1v) is 8.43. The second-order valence-electron chi connectivity index (χ2n) is 6.37. The Morgan fingerprint density at radius 1 is 1.35 bits per heavy atom. The molecule has 1 amide bonds. The molecule has 1 saturated heterocycles. The van der Waals surface area contributed by atoms with Gasteiger partial charge in [-0.2, -0.15) is 0 Å². The molecule has 0 unspecified atom stereocenters. The van der Waals surface area contributed by atoms with Crippen LogP contribution in [0.25, 0.3) is 0 Å². The molecule has 126 valence electrons. The largest absolute Gasteiger partial charge is 0.393 e. The minimum Gasteiger partial charge on any atom is -0.393 e. The molecular formula is C19H27NO3. The first kappa shape index (κ1) is 17.7. The van der Waals surface area contributed by atoms with Gasteiger partial charge in [0.1, 0.15) is 0 Å². The smallest absolute Gasteiger partial charge is 0.254 e. The molecule has 1 aliphatic rings. The molecule has 1 aliphatic heterocycles. The quantitative estimate of drug-likeness (QED) is 0.793. The normalized spacial score (nSPS) is 24.1. The molecule has 1 heterocycles. The van der Waals surface area contributed by atoms with E-state index in [0.29, 0.717) is 24.3 Å². The van der Waals surface area contributed by atoms with Crippen LogP contribution >= 0.6 is 0 Å². The topological polar surface area (TPSA) is 60.8 Å². The number of amides is 1. The monoisotopic (exact) mass is 317 g/mol. The maximum absolute atomic E-state index is 12.7. The van der Waals surface area contributed by atoms with E-state index in [1.165, 1.54) is 0 Å². The van der Waals surface area contributed by atoms with E-state index in [2.05, 4.69) is 6.92 Å². The molecule has 0 aliphatic carbocycles. The molecule has 4 heteroatoms. The standard InChI is InChI=1S/C19H27NO3/c1-3-16(21)13-17(22)9-10-18-14(2)11-12-20(18)19(23)15-7-5-4-6-8-15/h4-10,14,16-18,21-22H,3,11-13H2,1-2H3/b10-9+/t14-,16+,17+,18-/m0/s1. The Morgan fingerprint density at radius 2 is 2.04 bits per heavy atom. The molecule has 2 N–H and O–H groups in total. The van der Waals surface area contributed by atoms with E-state index in [4.69, 9.17) is 0 Å². The minimum atomic E-state index is -0.675. The average molecular weight is 317 g/mol. The number of hydrogen-bond acceptors (Lipinski definition) is 3. The fourth-order valence-corrected chi connectivity index (χ4v) is 3.01. The number of rotatable bonds is 6. The van der Waals surface area contributed by atoms with Crippen molar-refractivity contribution in [2.75, 3.05) is 6.54 Å². The van der Waals surface area contributed by atoms with Crippen LogP contribution in [0.5, 0.6) is 0 Å².